The number of benzene rings is 1. The van der Waals surface area contributed by atoms with E-state index in [2.05, 4.69) is 5.32 Å². The summed E-state index contributed by atoms with van der Waals surface area (Å²) in [4.78, 5) is 23.7. The molecule has 1 N–H and O–H groups in total. The molecule has 1 heterocycles. The summed E-state index contributed by atoms with van der Waals surface area (Å²) in [5.41, 5.74) is -1.70. The van der Waals surface area contributed by atoms with Crippen LogP contribution in [-0.2, 0) is 25.2 Å². The van der Waals surface area contributed by atoms with Gasteiger partial charge in [0.2, 0.25) is 0 Å². The Morgan fingerprint density at radius 1 is 1.04 bits per heavy atom. The van der Waals surface area contributed by atoms with Gasteiger partial charge >= 0.3 is 18.1 Å². The lowest BCUT2D eigenvalue weighted by atomic mass is 10.1. The molecule has 7 nitrogen and oxygen atoms in total. The van der Waals surface area contributed by atoms with Gasteiger partial charge in [-0.3, -0.25) is 0 Å². The zero-order chi connectivity index (χ0) is 19.7. The van der Waals surface area contributed by atoms with Gasteiger partial charge < -0.3 is 24.3 Å². The number of halogens is 3. The van der Waals surface area contributed by atoms with Crippen molar-refractivity contribution in [2.75, 3.05) is 19.5 Å². The third-order valence-corrected chi connectivity index (χ3v) is 3.32. The van der Waals surface area contributed by atoms with Gasteiger partial charge in [0.15, 0.2) is 5.57 Å². The molecule has 0 bridgehead atoms. The van der Waals surface area contributed by atoms with Crippen LogP contribution in [0.3, 0.4) is 0 Å². The molecule has 142 valence electrons. The van der Waals surface area contributed by atoms with Gasteiger partial charge in [0.25, 0.3) is 5.79 Å². The van der Waals surface area contributed by atoms with Gasteiger partial charge in [-0.15, -0.1) is 0 Å². The molecule has 0 amide bonds. The number of nitrogens with one attached hydrogen (secondary N) is 1. The number of cyclic esters (lactones) is 2. The van der Waals surface area contributed by atoms with Crippen LogP contribution in [0.2, 0.25) is 0 Å². The smallest absolute Gasteiger partial charge is 0.420 e. The number of hydrogen-bond acceptors (Lipinski definition) is 7. The first-order valence-corrected chi connectivity index (χ1v) is 7.25. The van der Waals surface area contributed by atoms with Crippen LogP contribution in [0.15, 0.2) is 23.9 Å². The van der Waals surface area contributed by atoms with Crippen molar-refractivity contribution < 1.29 is 41.7 Å². The predicted octanol–water partition coefficient (Wildman–Crippen LogP) is 2.85. The van der Waals surface area contributed by atoms with Gasteiger partial charge in [-0.25, -0.2) is 9.59 Å². The molecule has 1 fully saturated rings. The van der Waals surface area contributed by atoms with Crippen LogP contribution < -0.4 is 14.8 Å². The van der Waals surface area contributed by atoms with Crippen molar-refractivity contribution in [2.24, 2.45) is 0 Å². The maximum atomic E-state index is 13.1. The second-order valence-corrected chi connectivity index (χ2v) is 5.63. The van der Waals surface area contributed by atoms with Crippen LogP contribution in [0.25, 0.3) is 0 Å². The summed E-state index contributed by atoms with van der Waals surface area (Å²) in [6, 6.07) is 1.77. The Balaban J connectivity index is 2.40. The SMILES string of the molecule is COc1cc(OC)c(C(F)(F)F)cc1NC=C1C(=O)OC(C)(C)OC1=O. The number of alkyl halides is 3. The molecule has 26 heavy (non-hydrogen) atoms. The first kappa shape index (κ1) is 19.4. The Morgan fingerprint density at radius 2 is 1.58 bits per heavy atom. The Hall–Kier alpha value is -2.91. The molecule has 0 aliphatic carbocycles. The quantitative estimate of drug-likeness (QED) is 0.492. The van der Waals surface area contributed by atoms with Crippen LogP contribution in [0.4, 0.5) is 18.9 Å². The van der Waals surface area contributed by atoms with Crippen molar-refractivity contribution in [3.05, 3.63) is 29.5 Å². The van der Waals surface area contributed by atoms with Gasteiger partial charge in [-0.2, -0.15) is 13.2 Å². The molecule has 0 atom stereocenters. The molecule has 0 saturated carbocycles. The number of methoxy groups -OCH3 is 2. The van der Waals surface area contributed by atoms with Crippen molar-refractivity contribution in [1.82, 2.24) is 0 Å². The first-order valence-electron chi connectivity index (χ1n) is 7.25. The number of carbonyl (C=O) groups is 2. The molecule has 1 aromatic carbocycles. The van der Waals surface area contributed by atoms with Crippen LogP contribution in [0.5, 0.6) is 11.5 Å². The predicted molar refractivity (Wildman–Crippen MR) is 82.5 cm³/mol. The van der Waals surface area contributed by atoms with E-state index in [9.17, 15) is 22.8 Å². The van der Waals surface area contributed by atoms with E-state index in [1.807, 2.05) is 0 Å². The third-order valence-electron chi connectivity index (χ3n) is 3.32. The first-order chi connectivity index (χ1) is 12.0. The lowest BCUT2D eigenvalue weighted by Crippen LogP contribution is -2.42. The summed E-state index contributed by atoms with van der Waals surface area (Å²) < 4.78 is 59.0. The van der Waals surface area contributed by atoms with Gasteiger partial charge in [0.05, 0.1) is 25.5 Å². The van der Waals surface area contributed by atoms with E-state index in [1.165, 1.54) is 21.0 Å². The fraction of sp³-hybridized carbons (Fsp3) is 0.375. The highest BCUT2D eigenvalue weighted by Gasteiger charge is 2.39. The summed E-state index contributed by atoms with van der Waals surface area (Å²) >= 11 is 0. The highest BCUT2D eigenvalue weighted by Crippen LogP contribution is 2.42. The third kappa shape index (κ3) is 4.01. The van der Waals surface area contributed by atoms with Gasteiger partial charge in [0, 0.05) is 26.1 Å². The fourth-order valence-electron chi connectivity index (χ4n) is 2.16. The van der Waals surface area contributed by atoms with Crippen molar-refractivity contribution >= 4 is 17.6 Å². The minimum Gasteiger partial charge on any atom is -0.496 e. The van der Waals surface area contributed by atoms with E-state index in [1.54, 1.807) is 0 Å². The van der Waals surface area contributed by atoms with Gasteiger partial charge in [-0.05, 0) is 6.07 Å². The van der Waals surface area contributed by atoms with E-state index >= 15 is 0 Å². The Morgan fingerprint density at radius 3 is 2.04 bits per heavy atom. The zero-order valence-electron chi connectivity index (χ0n) is 14.3. The summed E-state index contributed by atoms with van der Waals surface area (Å²) in [5, 5.41) is 2.44. The molecule has 1 saturated heterocycles. The average Bonchev–Trinajstić information content (AvgIpc) is 2.51. The highest BCUT2D eigenvalue weighted by molar-refractivity contribution is 6.15. The van der Waals surface area contributed by atoms with E-state index in [-0.39, 0.29) is 11.4 Å². The van der Waals surface area contributed by atoms with Crippen molar-refractivity contribution in [3.63, 3.8) is 0 Å². The number of rotatable bonds is 4. The van der Waals surface area contributed by atoms with Gasteiger partial charge in [0.1, 0.15) is 11.5 Å². The maximum absolute atomic E-state index is 13.1. The van der Waals surface area contributed by atoms with E-state index in [0.29, 0.717) is 0 Å². The number of carbonyl (C=O) groups excluding carboxylic acids is 2. The topological polar surface area (TPSA) is 83.1 Å². The summed E-state index contributed by atoms with van der Waals surface area (Å²) in [5.74, 6) is -3.80. The molecule has 0 unspecified atom stereocenters. The van der Waals surface area contributed by atoms with Gasteiger partial charge in [-0.1, -0.05) is 0 Å². The molecule has 1 aliphatic rings. The summed E-state index contributed by atoms with van der Waals surface area (Å²) in [7, 11) is 2.33. The molecular weight excluding hydrogens is 359 g/mol. The number of esters is 2. The van der Waals surface area contributed by atoms with E-state index < -0.39 is 40.8 Å². The molecule has 0 spiro atoms. The molecule has 1 aromatic rings. The number of hydrogen-bond donors (Lipinski definition) is 1. The zero-order valence-corrected chi connectivity index (χ0v) is 14.3. The highest BCUT2D eigenvalue weighted by atomic mass is 19.4. The average molecular weight is 375 g/mol. The fourth-order valence-corrected chi connectivity index (χ4v) is 2.16. The van der Waals surface area contributed by atoms with Crippen LogP contribution >= 0.6 is 0 Å². The second-order valence-electron chi connectivity index (χ2n) is 5.63. The maximum Gasteiger partial charge on any atom is 0.420 e. The van der Waals surface area contributed by atoms with E-state index in [0.717, 1.165) is 25.4 Å². The lowest BCUT2D eigenvalue weighted by molar-refractivity contribution is -0.222. The van der Waals surface area contributed by atoms with Crippen LogP contribution in [0.1, 0.15) is 19.4 Å². The second kappa shape index (κ2) is 6.77. The van der Waals surface area contributed by atoms with Crippen molar-refractivity contribution in [1.29, 1.82) is 0 Å². The summed E-state index contributed by atoms with van der Waals surface area (Å²) in [6.07, 6.45) is -3.79. The van der Waals surface area contributed by atoms with Crippen LogP contribution in [0, 0.1) is 0 Å². The van der Waals surface area contributed by atoms with Crippen molar-refractivity contribution in [2.45, 2.75) is 25.8 Å². The van der Waals surface area contributed by atoms with Crippen LogP contribution in [-0.4, -0.2) is 31.9 Å². The normalized spacial score (nSPS) is 16.5. The minimum absolute atomic E-state index is 0.00424. The monoisotopic (exact) mass is 375 g/mol. The molecular formula is C16H16F3NO6. The van der Waals surface area contributed by atoms with E-state index in [4.69, 9.17) is 18.9 Å². The largest absolute Gasteiger partial charge is 0.496 e. The molecule has 0 aromatic heterocycles. The molecule has 2 rings (SSSR count). The van der Waals surface area contributed by atoms with Crippen molar-refractivity contribution in [3.8, 4) is 11.5 Å². The Kier molecular flexibility index (Phi) is 5.06. The molecule has 10 heteroatoms. The molecule has 1 aliphatic heterocycles. The minimum atomic E-state index is -4.69. The molecule has 0 radical (unpaired) electrons. The number of ether oxygens (including phenoxy) is 4. The number of anilines is 1. The standard InChI is InChI=1S/C16H16F3NO6/c1-15(2)25-13(21)8(14(22)26-15)7-20-10-5-9(16(17,18)19)11(23-3)6-12(10)24-4/h5-7,20H,1-4H3. The Bertz CT molecular complexity index is 748. The Labute approximate surface area is 146 Å². The lowest BCUT2D eigenvalue weighted by Gasteiger charge is -2.29. The summed E-state index contributed by atoms with van der Waals surface area (Å²) in [6.45, 7) is 2.74.